The molecule has 178 valence electrons. The van der Waals surface area contributed by atoms with Crippen molar-refractivity contribution < 1.29 is 41.0 Å². The van der Waals surface area contributed by atoms with Gasteiger partial charge in [0.1, 0.15) is 11.8 Å². The minimum atomic E-state index is -4.89. The Morgan fingerprint density at radius 3 is 2.48 bits per heavy atom. The highest BCUT2D eigenvalue weighted by Gasteiger charge is 2.65. The number of alkyl halides is 3. The van der Waals surface area contributed by atoms with Gasteiger partial charge in [-0.1, -0.05) is 13.0 Å². The van der Waals surface area contributed by atoms with E-state index in [0.717, 1.165) is 32.2 Å². The molecule has 7 nitrogen and oxygen atoms in total. The van der Waals surface area contributed by atoms with Gasteiger partial charge in [-0.2, -0.15) is 17.6 Å². The molecule has 1 aliphatic rings. The topological polar surface area (TPSA) is 104 Å². The molecule has 3 N–H and O–H groups in total. The lowest BCUT2D eigenvalue weighted by atomic mass is 9.77. The number of hydrogen-bond acceptors (Lipinski definition) is 5. The van der Waals surface area contributed by atoms with Gasteiger partial charge in [-0.15, -0.1) is 0 Å². The number of aromatic nitrogens is 1. The molecule has 3 rings (SSSR count). The summed E-state index contributed by atoms with van der Waals surface area (Å²) in [6.07, 6.45) is -5.49. The molecule has 1 saturated heterocycles. The number of benzene rings is 1. The van der Waals surface area contributed by atoms with Crippen molar-refractivity contribution in [2.24, 2.45) is 11.7 Å². The second-order valence-corrected chi connectivity index (χ2v) is 7.72. The largest absolute Gasteiger partial charge is 0.493 e. The SMILES string of the molecule is COc1c([C@H]2[C@@H](C)[C@](C)(C(F)(F)F)O[C@H]2C(=O)Nc2ccnc(C(N)=O)c2)ccc(F)c1F. The number of hydrogen-bond donors (Lipinski definition) is 2. The average molecular weight is 473 g/mol. The molecule has 1 fully saturated rings. The van der Waals surface area contributed by atoms with E-state index in [9.17, 15) is 31.5 Å². The second-order valence-electron chi connectivity index (χ2n) is 7.72. The quantitative estimate of drug-likeness (QED) is 0.647. The van der Waals surface area contributed by atoms with Gasteiger partial charge in [0, 0.05) is 29.3 Å². The number of primary amides is 1. The number of carbonyl (C=O) groups excluding carboxylic acids is 2. The summed E-state index contributed by atoms with van der Waals surface area (Å²) < 4.78 is 80.1. The van der Waals surface area contributed by atoms with E-state index in [0.29, 0.717) is 0 Å². The van der Waals surface area contributed by atoms with Gasteiger partial charge < -0.3 is 20.5 Å². The maximum Gasteiger partial charge on any atom is 0.417 e. The van der Waals surface area contributed by atoms with Gasteiger partial charge in [-0.25, -0.2) is 4.39 Å². The van der Waals surface area contributed by atoms with Crippen LogP contribution in [-0.2, 0) is 9.53 Å². The zero-order valence-corrected chi connectivity index (χ0v) is 17.7. The number of anilines is 1. The summed E-state index contributed by atoms with van der Waals surface area (Å²) in [5, 5.41) is 2.36. The van der Waals surface area contributed by atoms with Crippen molar-refractivity contribution in [1.82, 2.24) is 4.98 Å². The lowest BCUT2D eigenvalue weighted by Gasteiger charge is -2.32. The standard InChI is InChI=1S/C21H20F5N3O4/c1-9-14(11-4-5-12(22)15(23)16(11)32-3)17(33-20(9,2)21(24,25)26)19(31)29-10-6-7-28-13(8-10)18(27)30/h4-9,14,17H,1-3H3,(H2,27,30)(H,28,29,31)/t9-,14-,17-,20-/m1/s1. The van der Waals surface area contributed by atoms with Crippen molar-refractivity contribution in [2.75, 3.05) is 12.4 Å². The molecule has 1 aliphatic heterocycles. The Morgan fingerprint density at radius 1 is 1.24 bits per heavy atom. The van der Waals surface area contributed by atoms with Crippen LogP contribution in [0.15, 0.2) is 30.5 Å². The van der Waals surface area contributed by atoms with Crippen molar-refractivity contribution >= 4 is 17.5 Å². The fraction of sp³-hybridized carbons (Fsp3) is 0.381. The Balaban J connectivity index is 2.07. The molecule has 2 aromatic rings. The molecule has 0 saturated carbocycles. The van der Waals surface area contributed by atoms with Crippen LogP contribution < -0.4 is 15.8 Å². The first-order valence-electron chi connectivity index (χ1n) is 9.65. The Kier molecular flexibility index (Phi) is 6.33. The summed E-state index contributed by atoms with van der Waals surface area (Å²) in [6.45, 7) is 1.98. The highest BCUT2D eigenvalue weighted by atomic mass is 19.4. The summed E-state index contributed by atoms with van der Waals surface area (Å²) in [5.74, 6) is -7.94. The van der Waals surface area contributed by atoms with Crippen molar-refractivity contribution in [3.05, 3.63) is 53.4 Å². The van der Waals surface area contributed by atoms with Crippen LogP contribution in [0, 0.1) is 17.6 Å². The maximum absolute atomic E-state index is 14.4. The van der Waals surface area contributed by atoms with Crippen LogP contribution in [0.1, 0.15) is 35.8 Å². The van der Waals surface area contributed by atoms with E-state index < -0.39 is 58.9 Å². The lowest BCUT2D eigenvalue weighted by Crippen LogP contribution is -2.47. The van der Waals surface area contributed by atoms with Crippen LogP contribution in [0.2, 0.25) is 0 Å². The maximum atomic E-state index is 14.4. The molecule has 0 aliphatic carbocycles. The molecule has 1 aromatic carbocycles. The first-order valence-corrected chi connectivity index (χ1v) is 9.65. The Hall–Kier alpha value is -3.28. The molecule has 12 heteroatoms. The Labute approximate surface area is 185 Å². The smallest absolute Gasteiger partial charge is 0.417 e. The highest BCUT2D eigenvalue weighted by Crippen LogP contribution is 2.55. The van der Waals surface area contributed by atoms with Crippen molar-refractivity contribution in [1.29, 1.82) is 0 Å². The van der Waals surface area contributed by atoms with Gasteiger partial charge in [0.2, 0.25) is 5.82 Å². The molecule has 1 aromatic heterocycles. The predicted octanol–water partition coefficient (Wildman–Crippen LogP) is 3.55. The number of nitrogens with zero attached hydrogens (tertiary/aromatic N) is 1. The number of rotatable bonds is 5. The summed E-state index contributed by atoms with van der Waals surface area (Å²) in [7, 11) is 1.03. The van der Waals surface area contributed by atoms with Gasteiger partial charge >= 0.3 is 6.18 Å². The molecule has 0 spiro atoms. The van der Waals surface area contributed by atoms with Crippen LogP contribution in [-0.4, -0.2) is 41.8 Å². The molecule has 33 heavy (non-hydrogen) atoms. The number of pyridine rings is 1. The minimum absolute atomic E-state index is 0.0247. The van der Waals surface area contributed by atoms with E-state index in [1.807, 2.05) is 0 Å². The number of nitrogens with one attached hydrogen (secondary N) is 1. The number of halogens is 5. The number of carbonyl (C=O) groups is 2. The summed E-state index contributed by atoms with van der Waals surface area (Å²) in [6, 6.07) is 4.22. The van der Waals surface area contributed by atoms with E-state index in [2.05, 4.69) is 10.3 Å². The predicted molar refractivity (Wildman–Crippen MR) is 106 cm³/mol. The number of methoxy groups -OCH3 is 1. The zero-order chi connectivity index (χ0) is 24.7. The molecule has 4 atom stereocenters. The first kappa shape index (κ1) is 24.4. The van der Waals surface area contributed by atoms with Crippen molar-refractivity contribution in [3.63, 3.8) is 0 Å². The minimum Gasteiger partial charge on any atom is -0.493 e. The number of nitrogens with two attached hydrogens (primary N) is 1. The van der Waals surface area contributed by atoms with Gasteiger partial charge in [0.25, 0.3) is 11.8 Å². The van der Waals surface area contributed by atoms with Crippen LogP contribution in [0.5, 0.6) is 5.75 Å². The third-order valence-electron chi connectivity index (χ3n) is 5.85. The fourth-order valence-corrected chi connectivity index (χ4v) is 3.90. The summed E-state index contributed by atoms with van der Waals surface area (Å²) in [5.41, 5.74) is 2.04. The average Bonchev–Trinajstić information content (AvgIpc) is 3.02. The molecule has 0 bridgehead atoms. The van der Waals surface area contributed by atoms with Crippen LogP contribution in [0.3, 0.4) is 0 Å². The van der Waals surface area contributed by atoms with E-state index in [-0.39, 0.29) is 16.9 Å². The van der Waals surface area contributed by atoms with Gasteiger partial charge in [-0.05, 0) is 25.1 Å². The molecular weight excluding hydrogens is 453 g/mol. The van der Waals surface area contributed by atoms with Crippen molar-refractivity contribution in [3.8, 4) is 5.75 Å². The third kappa shape index (κ3) is 4.22. The molecule has 0 unspecified atom stereocenters. The molecule has 0 radical (unpaired) electrons. The third-order valence-corrected chi connectivity index (χ3v) is 5.85. The van der Waals surface area contributed by atoms with E-state index in [1.165, 1.54) is 19.2 Å². The van der Waals surface area contributed by atoms with Gasteiger partial charge in [-0.3, -0.25) is 14.6 Å². The van der Waals surface area contributed by atoms with E-state index >= 15 is 0 Å². The first-order chi connectivity index (χ1) is 15.3. The van der Waals surface area contributed by atoms with Gasteiger partial charge in [0.05, 0.1) is 7.11 Å². The van der Waals surface area contributed by atoms with Crippen LogP contribution in [0.25, 0.3) is 0 Å². The van der Waals surface area contributed by atoms with Crippen LogP contribution in [0.4, 0.5) is 27.6 Å². The van der Waals surface area contributed by atoms with Crippen molar-refractivity contribution in [2.45, 2.75) is 37.6 Å². The van der Waals surface area contributed by atoms with E-state index in [4.69, 9.17) is 15.2 Å². The summed E-state index contributed by atoms with van der Waals surface area (Å²) in [4.78, 5) is 28.1. The molecular formula is C21H20F5N3O4. The summed E-state index contributed by atoms with van der Waals surface area (Å²) >= 11 is 0. The number of amides is 2. The van der Waals surface area contributed by atoms with E-state index in [1.54, 1.807) is 0 Å². The van der Waals surface area contributed by atoms with Crippen LogP contribution >= 0.6 is 0 Å². The van der Waals surface area contributed by atoms with Gasteiger partial charge in [0.15, 0.2) is 17.2 Å². The Morgan fingerprint density at radius 2 is 1.91 bits per heavy atom. The monoisotopic (exact) mass is 473 g/mol. The lowest BCUT2D eigenvalue weighted by molar-refractivity contribution is -0.272. The number of ether oxygens (including phenoxy) is 2. The fourth-order valence-electron chi connectivity index (χ4n) is 3.90. The zero-order valence-electron chi connectivity index (χ0n) is 17.7. The second kappa shape index (κ2) is 8.58. The molecule has 2 heterocycles. The molecule has 2 amide bonds. The Bertz CT molecular complexity index is 1090. The normalized spacial score (nSPS) is 25.0. The highest BCUT2D eigenvalue weighted by molar-refractivity contribution is 5.97.